The Labute approximate surface area is 120 Å². The first-order chi connectivity index (χ1) is 10.1. The van der Waals surface area contributed by atoms with Crippen LogP contribution in [0.3, 0.4) is 0 Å². The van der Waals surface area contributed by atoms with Gasteiger partial charge in [-0.25, -0.2) is 0 Å². The fraction of sp³-hybridized carbons (Fsp3) is 0.143. The average molecular weight is 293 g/mol. The number of rotatable bonds is 5. The Hall–Kier alpha value is -2.70. The lowest BCUT2D eigenvalue weighted by Crippen LogP contribution is -2.13. The van der Waals surface area contributed by atoms with E-state index in [9.17, 15) is 13.6 Å². The number of alkyl halides is 2. The summed E-state index contributed by atoms with van der Waals surface area (Å²) in [5.41, 5.74) is 1.46. The van der Waals surface area contributed by atoms with Crippen LogP contribution in [-0.4, -0.2) is 24.6 Å². The van der Waals surface area contributed by atoms with Crippen LogP contribution in [0.1, 0.15) is 10.5 Å². The molecule has 0 radical (unpaired) electrons. The van der Waals surface area contributed by atoms with E-state index in [0.717, 1.165) is 5.69 Å². The van der Waals surface area contributed by atoms with Crippen molar-refractivity contribution >= 4 is 17.3 Å². The fourth-order valence-corrected chi connectivity index (χ4v) is 1.63. The van der Waals surface area contributed by atoms with Crippen LogP contribution in [0.25, 0.3) is 0 Å². The molecule has 1 aromatic carbocycles. The Morgan fingerprint density at radius 2 is 1.90 bits per heavy atom. The molecule has 1 heterocycles. The molecule has 1 amide bonds. The molecule has 0 unspecified atom stereocenters. The highest BCUT2D eigenvalue weighted by Crippen LogP contribution is 2.18. The van der Waals surface area contributed by atoms with Crippen LogP contribution < -0.4 is 15.4 Å². The number of carbonyl (C=O) groups excluding carboxylic acids is 1. The van der Waals surface area contributed by atoms with Gasteiger partial charge >= 0.3 is 6.61 Å². The number of aromatic nitrogens is 1. The number of carbonyl (C=O) groups is 1. The van der Waals surface area contributed by atoms with Gasteiger partial charge in [0.05, 0.1) is 0 Å². The molecule has 0 bridgehead atoms. The maximum Gasteiger partial charge on any atom is 0.387 e. The van der Waals surface area contributed by atoms with E-state index in [2.05, 4.69) is 20.4 Å². The Morgan fingerprint density at radius 1 is 1.19 bits per heavy atom. The molecule has 7 heteroatoms. The Bertz CT molecular complexity index is 618. The molecule has 0 saturated carbocycles. The number of ether oxygens (including phenoxy) is 1. The quantitative estimate of drug-likeness (QED) is 0.889. The summed E-state index contributed by atoms with van der Waals surface area (Å²) in [6.45, 7) is -2.88. The van der Waals surface area contributed by atoms with Gasteiger partial charge in [-0.15, -0.1) is 0 Å². The molecule has 110 valence electrons. The van der Waals surface area contributed by atoms with Crippen molar-refractivity contribution in [3.05, 3.63) is 48.3 Å². The second kappa shape index (κ2) is 6.65. The second-order valence-corrected chi connectivity index (χ2v) is 4.04. The molecule has 2 N–H and O–H groups in total. The normalized spacial score (nSPS) is 10.3. The largest absolute Gasteiger partial charge is 0.435 e. The molecule has 0 atom stereocenters. The monoisotopic (exact) mass is 293 g/mol. The zero-order valence-electron chi connectivity index (χ0n) is 11.1. The number of nitrogens with one attached hydrogen (secondary N) is 2. The molecule has 0 aliphatic carbocycles. The van der Waals surface area contributed by atoms with Crippen LogP contribution in [0.5, 0.6) is 5.75 Å². The summed E-state index contributed by atoms with van der Waals surface area (Å²) in [4.78, 5) is 16.0. The van der Waals surface area contributed by atoms with Gasteiger partial charge in [0.1, 0.15) is 11.4 Å². The van der Waals surface area contributed by atoms with Crippen molar-refractivity contribution in [2.45, 2.75) is 6.61 Å². The van der Waals surface area contributed by atoms with Crippen LogP contribution in [0.15, 0.2) is 42.6 Å². The Morgan fingerprint density at radius 3 is 2.52 bits per heavy atom. The summed E-state index contributed by atoms with van der Waals surface area (Å²) in [6, 6.07) is 8.96. The predicted octanol–water partition coefficient (Wildman–Crippen LogP) is 2.98. The first kappa shape index (κ1) is 14.7. The third-order valence-corrected chi connectivity index (χ3v) is 2.62. The molecule has 0 fully saturated rings. The highest BCUT2D eigenvalue weighted by molar-refractivity contribution is 6.03. The van der Waals surface area contributed by atoms with E-state index < -0.39 is 12.5 Å². The van der Waals surface area contributed by atoms with Crippen LogP contribution >= 0.6 is 0 Å². The van der Waals surface area contributed by atoms with E-state index in [1.807, 2.05) is 0 Å². The van der Waals surface area contributed by atoms with Gasteiger partial charge < -0.3 is 15.4 Å². The number of pyridine rings is 1. The van der Waals surface area contributed by atoms with E-state index in [1.165, 1.54) is 30.5 Å². The molecule has 5 nitrogen and oxygen atoms in total. The number of halogens is 2. The van der Waals surface area contributed by atoms with Gasteiger partial charge in [0, 0.05) is 24.6 Å². The summed E-state index contributed by atoms with van der Waals surface area (Å²) in [5.74, 6) is -0.368. The smallest absolute Gasteiger partial charge is 0.387 e. The fourth-order valence-electron chi connectivity index (χ4n) is 1.63. The minimum atomic E-state index is -2.88. The van der Waals surface area contributed by atoms with E-state index in [0.29, 0.717) is 5.69 Å². The van der Waals surface area contributed by atoms with Crippen LogP contribution in [0.4, 0.5) is 20.2 Å². The SMILES string of the molecule is CNc1ccnc(C(=O)Nc2ccc(OC(F)F)cc2)c1. The number of hydrogen-bond donors (Lipinski definition) is 2. The zero-order chi connectivity index (χ0) is 15.2. The molecule has 21 heavy (non-hydrogen) atoms. The van der Waals surface area contributed by atoms with Crippen LogP contribution in [0.2, 0.25) is 0 Å². The maximum absolute atomic E-state index is 12.0. The van der Waals surface area contributed by atoms with Crippen LogP contribution in [-0.2, 0) is 0 Å². The van der Waals surface area contributed by atoms with Crippen molar-refractivity contribution < 1.29 is 18.3 Å². The molecule has 0 spiro atoms. The van der Waals surface area contributed by atoms with Crippen molar-refractivity contribution in [1.82, 2.24) is 4.98 Å². The molecule has 2 rings (SSSR count). The molecular formula is C14H13F2N3O2. The lowest BCUT2D eigenvalue weighted by Gasteiger charge is -2.08. The van der Waals surface area contributed by atoms with Crippen molar-refractivity contribution in [2.24, 2.45) is 0 Å². The standard InChI is InChI=1S/C14H13F2N3O2/c1-17-10-6-7-18-12(8-10)13(20)19-9-2-4-11(5-3-9)21-14(15)16/h2-8,14H,1H3,(H,17,18)(H,19,20). The first-order valence-electron chi connectivity index (χ1n) is 6.08. The molecule has 1 aromatic heterocycles. The minimum Gasteiger partial charge on any atom is -0.435 e. The van der Waals surface area contributed by atoms with E-state index in [1.54, 1.807) is 19.2 Å². The van der Waals surface area contributed by atoms with Gasteiger partial charge in [-0.1, -0.05) is 0 Å². The Kier molecular flexibility index (Phi) is 4.65. The molecule has 0 aliphatic heterocycles. The molecule has 0 saturated heterocycles. The third kappa shape index (κ3) is 4.13. The van der Waals surface area contributed by atoms with Gasteiger partial charge in [-0.3, -0.25) is 9.78 Å². The number of hydrogen-bond acceptors (Lipinski definition) is 4. The van der Waals surface area contributed by atoms with Gasteiger partial charge in [0.25, 0.3) is 5.91 Å². The Balaban J connectivity index is 2.05. The average Bonchev–Trinajstić information content (AvgIpc) is 2.49. The summed E-state index contributed by atoms with van der Waals surface area (Å²) in [7, 11) is 1.73. The van der Waals surface area contributed by atoms with Gasteiger partial charge in [-0.2, -0.15) is 8.78 Å². The second-order valence-electron chi connectivity index (χ2n) is 4.04. The van der Waals surface area contributed by atoms with Crippen LogP contribution in [0, 0.1) is 0 Å². The molecule has 2 aromatic rings. The lowest BCUT2D eigenvalue weighted by molar-refractivity contribution is -0.0498. The summed E-state index contributed by atoms with van der Waals surface area (Å²) in [5, 5.41) is 5.52. The number of benzene rings is 1. The number of amides is 1. The lowest BCUT2D eigenvalue weighted by atomic mass is 10.2. The van der Waals surface area contributed by atoms with E-state index in [-0.39, 0.29) is 11.4 Å². The minimum absolute atomic E-state index is 0.0262. The highest BCUT2D eigenvalue weighted by atomic mass is 19.3. The van der Waals surface area contributed by atoms with E-state index in [4.69, 9.17) is 0 Å². The van der Waals surface area contributed by atoms with Gasteiger partial charge in [0.2, 0.25) is 0 Å². The van der Waals surface area contributed by atoms with Gasteiger partial charge in [0.15, 0.2) is 0 Å². The zero-order valence-corrected chi connectivity index (χ0v) is 11.1. The van der Waals surface area contributed by atoms with Crippen molar-refractivity contribution in [3.8, 4) is 5.75 Å². The topological polar surface area (TPSA) is 63.2 Å². The summed E-state index contributed by atoms with van der Waals surface area (Å²) >= 11 is 0. The van der Waals surface area contributed by atoms with Gasteiger partial charge in [-0.05, 0) is 36.4 Å². The molecule has 0 aliphatic rings. The van der Waals surface area contributed by atoms with E-state index >= 15 is 0 Å². The summed E-state index contributed by atoms with van der Waals surface area (Å²) in [6.07, 6.45) is 1.51. The number of anilines is 2. The highest BCUT2D eigenvalue weighted by Gasteiger charge is 2.09. The van der Waals surface area contributed by atoms with Crippen molar-refractivity contribution in [2.75, 3.05) is 17.7 Å². The third-order valence-electron chi connectivity index (χ3n) is 2.62. The maximum atomic E-state index is 12.0. The summed E-state index contributed by atoms with van der Waals surface area (Å²) < 4.78 is 28.3. The van der Waals surface area contributed by atoms with Crippen molar-refractivity contribution in [3.63, 3.8) is 0 Å². The first-order valence-corrected chi connectivity index (χ1v) is 6.08. The predicted molar refractivity (Wildman–Crippen MR) is 74.8 cm³/mol. The number of nitrogens with zero attached hydrogens (tertiary/aromatic N) is 1. The molecular weight excluding hydrogens is 280 g/mol. The van der Waals surface area contributed by atoms with Crippen molar-refractivity contribution in [1.29, 1.82) is 0 Å².